The number of nitrogens with zero attached hydrogens (tertiary/aromatic N) is 1. The van der Waals surface area contributed by atoms with Crippen LogP contribution in [0.25, 0.3) is 0 Å². The molecule has 1 saturated heterocycles. The molecule has 0 aromatic heterocycles. The number of piperidine rings is 1. The summed E-state index contributed by atoms with van der Waals surface area (Å²) in [4.78, 5) is 14.0. The number of hydrogen-bond donors (Lipinski definition) is 2. The summed E-state index contributed by atoms with van der Waals surface area (Å²) < 4.78 is 0. The van der Waals surface area contributed by atoms with E-state index in [1.165, 1.54) is 19.3 Å². The van der Waals surface area contributed by atoms with Gasteiger partial charge in [-0.2, -0.15) is 0 Å². The molecule has 0 bridgehead atoms. The van der Waals surface area contributed by atoms with E-state index in [4.69, 9.17) is 5.73 Å². The Hall–Kier alpha value is -0.0300. The van der Waals surface area contributed by atoms with Crippen molar-refractivity contribution in [1.82, 2.24) is 10.2 Å². The molecule has 1 aliphatic heterocycles. The predicted molar refractivity (Wildman–Crippen MR) is 89.8 cm³/mol. The third-order valence-electron chi connectivity index (χ3n) is 4.06. The second-order valence-electron chi connectivity index (χ2n) is 6.18. The standard InChI is InChI=1S/C14H29N3O.2ClH/c1-5-12-7-6-8-17(9-12)14(3,4)10-16-13(18)11(2)15;;/h11-12H,5-10,15H2,1-4H3,(H,16,18);2*1H/t11-,12?;;/m1../s1. The van der Waals surface area contributed by atoms with Gasteiger partial charge in [0.2, 0.25) is 5.91 Å². The van der Waals surface area contributed by atoms with E-state index in [-0.39, 0.29) is 36.3 Å². The van der Waals surface area contributed by atoms with Crippen LogP contribution in [0.1, 0.15) is 47.0 Å². The second kappa shape index (κ2) is 9.82. The maximum absolute atomic E-state index is 11.5. The van der Waals surface area contributed by atoms with Gasteiger partial charge in [-0.1, -0.05) is 13.3 Å². The number of nitrogens with two attached hydrogens (primary N) is 1. The first-order valence-corrected chi connectivity index (χ1v) is 7.15. The lowest BCUT2D eigenvalue weighted by Gasteiger charge is -2.43. The van der Waals surface area contributed by atoms with Gasteiger partial charge in [-0.25, -0.2) is 0 Å². The van der Waals surface area contributed by atoms with E-state index in [9.17, 15) is 4.79 Å². The van der Waals surface area contributed by atoms with Gasteiger partial charge in [0.1, 0.15) is 0 Å². The molecule has 0 aromatic rings. The predicted octanol–water partition coefficient (Wildman–Crippen LogP) is 2.19. The smallest absolute Gasteiger partial charge is 0.236 e. The van der Waals surface area contributed by atoms with Gasteiger partial charge >= 0.3 is 0 Å². The van der Waals surface area contributed by atoms with Crippen LogP contribution in [0.3, 0.4) is 0 Å². The average molecular weight is 328 g/mol. The van der Waals surface area contributed by atoms with Gasteiger partial charge in [0, 0.05) is 18.6 Å². The molecule has 0 spiro atoms. The summed E-state index contributed by atoms with van der Waals surface area (Å²) in [5.74, 6) is 0.745. The molecule has 122 valence electrons. The Labute approximate surface area is 136 Å². The average Bonchev–Trinajstić information content (AvgIpc) is 2.36. The van der Waals surface area contributed by atoms with Crippen LogP contribution in [0.4, 0.5) is 0 Å². The number of rotatable bonds is 5. The monoisotopic (exact) mass is 327 g/mol. The van der Waals surface area contributed by atoms with Crippen molar-refractivity contribution in [1.29, 1.82) is 0 Å². The second-order valence-corrected chi connectivity index (χ2v) is 6.18. The molecule has 1 heterocycles. The number of halogens is 2. The first-order chi connectivity index (χ1) is 8.36. The highest BCUT2D eigenvalue weighted by Gasteiger charge is 2.31. The molecule has 3 N–H and O–H groups in total. The quantitative estimate of drug-likeness (QED) is 0.813. The molecule has 1 rings (SSSR count). The Bertz CT molecular complexity index is 286. The van der Waals surface area contributed by atoms with Gasteiger partial charge in [-0.05, 0) is 46.1 Å². The van der Waals surface area contributed by atoms with E-state index in [1.807, 2.05) is 0 Å². The zero-order valence-electron chi connectivity index (χ0n) is 13.1. The number of nitrogens with one attached hydrogen (secondary N) is 1. The molecule has 0 saturated carbocycles. The largest absolute Gasteiger partial charge is 0.353 e. The summed E-state index contributed by atoms with van der Waals surface area (Å²) in [5, 5.41) is 2.95. The third-order valence-corrected chi connectivity index (χ3v) is 4.06. The van der Waals surface area contributed by atoms with E-state index in [2.05, 4.69) is 31.0 Å². The maximum Gasteiger partial charge on any atom is 0.236 e. The minimum Gasteiger partial charge on any atom is -0.353 e. The van der Waals surface area contributed by atoms with Crippen molar-refractivity contribution in [3.05, 3.63) is 0 Å². The number of likely N-dealkylation sites (tertiary alicyclic amines) is 1. The Morgan fingerprint density at radius 2 is 2.05 bits per heavy atom. The van der Waals surface area contributed by atoms with Crippen LogP contribution in [-0.4, -0.2) is 42.0 Å². The van der Waals surface area contributed by atoms with Crippen LogP contribution in [0.15, 0.2) is 0 Å². The summed E-state index contributed by atoms with van der Waals surface area (Å²) in [6.45, 7) is 11.3. The van der Waals surface area contributed by atoms with Crippen LogP contribution in [0.2, 0.25) is 0 Å². The van der Waals surface area contributed by atoms with Gasteiger partial charge in [0.25, 0.3) is 0 Å². The van der Waals surface area contributed by atoms with E-state index in [1.54, 1.807) is 6.92 Å². The van der Waals surface area contributed by atoms with E-state index in [0.717, 1.165) is 19.0 Å². The molecule has 1 unspecified atom stereocenters. The van der Waals surface area contributed by atoms with Gasteiger partial charge in [0.05, 0.1) is 6.04 Å². The van der Waals surface area contributed by atoms with Gasteiger partial charge in [-0.15, -0.1) is 24.8 Å². The Kier molecular flexibility index (Phi) is 10.9. The fourth-order valence-corrected chi connectivity index (χ4v) is 2.52. The minimum atomic E-state index is -0.425. The molecule has 1 amide bonds. The molecule has 2 atom stereocenters. The summed E-state index contributed by atoms with van der Waals surface area (Å²) in [6, 6.07) is -0.425. The van der Waals surface area contributed by atoms with Crippen molar-refractivity contribution in [3.63, 3.8) is 0 Å². The van der Waals surface area contributed by atoms with Gasteiger partial charge < -0.3 is 11.1 Å². The zero-order valence-corrected chi connectivity index (χ0v) is 14.8. The molecular weight excluding hydrogens is 297 g/mol. The summed E-state index contributed by atoms with van der Waals surface area (Å²) >= 11 is 0. The number of hydrogen-bond acceptors (Lipinski definition) is 3. The van der Waals surface area contributed by atoms with Crippen molar-refractivity contribution in [2.45, 2.75) is 58.5 Å². The highest BCUT2D eigenvalue weighted by molar-refractivity contribution is 5.85. The lowest BCUT2D eigenvalue weighted by Crippen LogP contribution is -2.56. The Morgan fingerprint density at radius 3 is 2.55 bits per heavy atom. The van der Waals surface area contributed by atoms with E-state index >= 15 is 0 Å². The maximum atomic E-state index is 11.5. The first kappa shape index (κ1) is 22.3. The van der Waals surface area contributed by atoms with Crippen LogP contribution in [0.5, 0.6) is 0 Å². The Morgan fingerprint density at radius 1 is 1.45 bits per heavy atom. The molecular formula is C14H31Cl2N3O. The fourth-order valence-electron chi connectivity index (χ4n) is 2.52. The summed E-state index contributed by atoms with van der Waals surface area (Å²) in [5.41, 5.74) is 5.57. The third kappa shape index (κ3) is 6.61. The molecule has 6 heteroatoms. The minimum absolute atomic E-state index is 0. The number of carbonyl (C=O) groups is 1. The van der Waals surface area contributed by atoms with Gasteiger partial charge in [-0.3, -0.25) is 9.69 Å². The summed E-state index contributed by atoms with van der Waals surface area (Å²) in [6.07, 6.45) is 3.86. The molecule has 0 aromatic carbocycles. The van der Waals surface area contributed by atoms with Crippen molar-refractivity contribution in [2.24, 2.45) is 11.7 Å². The zero-order chi connectivity index (χ0) is 13.8. The van der Waals surface area contributed by atoms with Crippen molar-refractivity contribution < 1.29 is 4.79 Å². The van der Waals surface area contributed by atoms with Crippen molar-refractivity contribution >= 4 is 30.7 Å². The molecule has 0 radical (unpaired) electrons. The van der Waals surface area contributed by atoms with Crippen LogP contribution in [-0.2, 0) is 4.79 Å². The fraction of sp³-hybridized carbons (Fsp3) is 0.929. The van der Waals surface area contributed by atoms with E-state index < -0.39 is 6.04 Å². The van der Waals surface area contributed by atoms with Crippen LogP contribution >= 0.6 is 24.8 Å². The summed E-state index contributed by atoms with van der Waals surface area (Å²) in [7, 11) is 0. The molecule has 1 aliphatic rings. The van der Waals surface area contributed by atoms with Crippen molar-refractivity contribution in [2.75, 3.05) is 19.6 Å². The van der Waals surface area contributed by atoms with Crippen LogP contribution < -0.4 is 11.1 Å². The van der Waals surface area contributed by atoms with Crippen LogP contribution in [0, 0.1) is 5.92 Å². The first-order valence-electron chi connectivity index (χ1n) is 7.15. The molecule has 20 heavy (non-hydrogen) atoms. The van der Waals surface area contributed by atoms with E-state index in [0.29, 0.717) is 6.54 Å². The highest BCUT2D eigenvalue weighted by atomic mass is 35.5. The lowest BCUT2D eigenvalue weighted by molar-refractivity contribution is -0.122. The Balaban J connectivity index is 0. The normalized spacial score (nSPS) is 21.4. The van der Waals surface area contributed by atoms with Gasteiger partial charge in [0.15, 0.2) is 0 Å². The lowest BCUT2D eigenvalue weighted by atomic mass is 9.91. The topological polar surface area (TPSA) is 58.4 Å². The SMILES string of the molecule is CCC1CCCN(C(C)(C)CNC(=O)[C@@H](C)N)C1.Cl.Cl. The highest BCUT2D eigenvalue weighted by Crippen LogP contribution is 2.25. The molecule has 1 fully saturated rings. The molecule has 0 aliphatic carbocycles. The van der Waals surface area contributed by atoms with Crippen molar-refractivity contribution in [3.8, 4) is 0 Å². The molecule has 4 nitrogen and oxygen atoms in total. The number of amides is 1. The number of carbonyl (C=O) groups excluding carboxylic acids is 1.